The fraction of sp³-hybridized carbons (Fsp3) is 0.435. The number of hydrogen-bond donors (Lipinski definition) is 4. The van der Waals surface area contributed by atoms with Gasteiger partial charge in [-0.1, -0.05) is 87.2 Å². The van der Waals surface area contributed by atoms with Gasteiger partial charge in [0, 0.05) is 46.5 Å². The zero-order valence-corrected chi connectivity index (χ0v) is 32.7. The zero-order chi connectivity index (χ0) is 39.2. The van der Waals surface area contributed by atoms with Gasteiger partial charge in [0.15, 0.2) is 11.8 Å². The first kappa shape index (κ1) is 40.4. The monoisotopic (exact) mass is 733 g/mol. The Bertz CT molecular complexity index is 2120. The van der Waals surface area contributed by atoms with Gasteiger partial charge in [0.1, 0.15) is 11.3 Å². The van der Waals surface area contributed by atoms with E-state index in [-0.39, 0.29) is 24.2 Å². The van der Waals surface area contributed by atoms with Crippen molar-refractivity contribution >= 4 is 39.5 Å². The van der Waals surface area contributed by atoms with Gasteiger partial charge in [-0.3, -0.25) is 4.79 Å². The Hall–Kier alpha value is -4.82. The number of carboxylic acids is 2. The van der Waals surface area contributed by atoms with E-state index in [9.17, 15) is 19.5 Å². The van der Waals surface area contributed by atoms with Crippen LogP contribution in [0, 0.1) is 17.3 Å². The molecule has 1 aliphatic carbocycles. The van der Waals surface area contributed by atoms with Gasteiger partial charge in [-0.2, -0.15) is 4.57 Å². The van der Waals surface area contributed by atoms with Crippen molar-refractivity contribution < 1.29 is 34.3 Å². The van der Waals surface area contributed by atoms with E-state index in [0.717, 1.165) is 69.5 Å². The van der Waals surface area contributed by atoms with Crippen LogP contribution in [0.2, 0.25) is 0 Å². The molecule has 6 rings (SSSR count). The smallest absolute Gasteiger partial charge is 0.331 e. The molecule has 1 saturated carbocycles. The number of nitrogens with zero attached hydrogens (tertiary/aromatic N) is 1. The number of carbonyl (C=O) groups is 3. The summed E-state index contributed by atoms with van der Waals surface area (Å²) in [6, 6.07) is 17.9. The molecule has 0 amide bonds. The fourth-order valence-corrected chi connectivity index (χ4v) is 8.88. The quantitative estimate of drug-likeness (QED) is 0.0615. The van der Waals surface area contributed by atoms with Crippen molar-refractivity contribution in [2.45, 2.75) is 111 Å². The molecule has 4 N–H and O–H groups in total. The standard InChI is InChI=1S/C25H40O4.C21H16N2O2/c1-18(11-7-13-21(24(28)29)17-23(26)27)9-6-10-19(2)14-15-22-20(3)12-8-16-25(22,4)5;1-13(24)12-21(25)16-7-3-5-9-18(16)23-11-10-15-14-6-2-4-8-17(14)22-19(15)20(21)23/h10-11,17,20,22H,6-9,12-16H2,1-5H3,(H,26,27)(H,28,29);2-11,25H,12H2,1H3/p+1/b18-11+,19-10+,21-17-;. The number of para-hydroxylation sites is 2. The first-order chi connectivity index (χ1) is 25.6. The first-order valence-electron chi connectivity index (χ1n) is 19.4. The second-order valence-corrected chi connectivity index (χ2v) is 16.2. The van der Waals surface area contributed by atoms with Crippen molar-refractivity contribution in [3.63, 3.8) is 0 Å². The Labute approximate surface area is 319 Å². The molecule has 3 unspecified atom stereocenters. The number of fused-ring (bicyclic) bond motifs is 7. The first-order valence-corrected chi connectivity index (χ1v) is 19.4. The van der Waals surface area contributed by atoms with Crippen LogP contribution >= 0.6 is 0 Å². The summed E-state index contributed by atoms with van der Waals surface area (Å²) >= 11 is 0. The Kier molecular flexibility index (Phi) is 12.8. The highest BCUT2D eigenvalue weighted by molar-refractivity contribution is 6.08. The van der Waals surface area contributed by atoms with Crippen LogP contribution in [0.25, 0.3) is 27.5 Å². The largest absolute Gasteiger partial charge is 0.478 e. The van der Waals surface area contributed by atoms with Gasteiger partial charge < -0.3 is 20.3 Å². The van der Waals surface area contributed by atoms with Crippen molar-refractivity contribution in [3.8, 4) is 5.69 Å². The van der Waals surface area contributed by atoms with Gasteiger partial charge in [-0.15, -0.1) is 0 Å². The van der Waals surface area contributed by atoms with Gasteiger partial charge >= 0.3 is 11.9 Å². The SMILES string of the molecule is C/C(=C\CC/C(=C/C(=O)O)C(=O)O)CC/C=C(\C)CCC1C(C)CCCC1(C)C.CC(=O)CC1(O)c2ccccc2-[n+]2ccc3c([nH]c4ccccc43)c21. The lowest BCUT2D eigenvalue weighted by Crippen LogP contribution is -2.37. The Morgan fingerprint density at radius 1 is 0.889 bits per heavy atom. The minimum Gasteiger partial charge on any atom is -0.478 e. The number of aliphatic carboxylic acids is 2. The van der Waals surface area contributed by atoms with Gasteiger partial charge in [0.25, 0.3) is 0 Å². The maximum Gasteiger partial charge on any atom is 0.331 e. The van der Waals surface area contributed by atoms with Crippen LogP contribution in [-0.4, -0.2) is 38.0 Å². The number of hydrogen-bond acceptors (Lipinski definition) is 4. The number of allylic oxidation sites excluding steroid dienone is 4. The van der Waals surface area contributed by atoms with E-state index >= 15 is 0 Å². The molecule has 2 aromatic heterocycles. The van der Waals surface area contributed by atoms with Crippen molar-refractivity contribution in [1.29, 1.82) is 0 Å². The number of carbonyl (C=O) groups excluding carboxylic acids is 1. The molecular formula is C46H57N2O6+. The second kappa shape index (κ2) is 17.1. The minimum absolute atomic E-state index is 0.0427. The van der Waals surface area contributed by atoms with Crippen LogP contribution < -0.4 is 4.57 Å². The summed E-state index contributed by atoms with van der Waals surface area (Å²) in [6.07, 6.45) is 16.4. The average molecular weight is 734 g/mol. The zero-order valence-electron chi connectivity index (χ0n) is 32.7. The van der Waals surface area contributed by atoms with Crippen LogP contribution in [0.5, 0.6) is 0 Å². The van der Waals surface area contributed by atoms with Crippen LogP contribution in [0.3, 0.4) is 0 Å². The van der Waals surface area contributed by atoms with Crippen LogP contribution in [-0.2, 0) is 20.0 Å². The lowest BCUT2D eigenvalue weighted by molar-refractivity contribution is -0.600. The molecule has 3 heterocycles. The normalized spacial score (nSPS) is 21.0. The number of aromatic amines is 1. The van der Waals surface area contributed by atoms with Gasteiger partial charge in [-0.25, -0.2) is 9.59 Å². The third kappa shape index (κ3) is 9.09. The minimum atomic E-state index is -1.33. The van der Waals surface area contributed by atoms with Crippen LogP contribution in [0.1, 0.15) is 117 Å². The summed E-state index contributed by atoms with van der Waals surface area (Å²) in [6.45, 7) is 13.1. The Morgan fingerprint density at radius 3 is 2.24 bits per heavy atom. The van der Waals surface area contributed by atoms with E-state index in [1.54, 1.807) is 0 Å². The summed E-state index contributed by atoms with van der Waals surface area (Å²) in [7, 11) is 0. The molecule has 0 saturated heterocycles. The molecular weight excluding hydrogens is 677 g/mol. The number of nitrogens with one attached hydrogen (secondary N) is 1. The predicted molar refractivity (Wildman–Crippen MR) is 214 cm³/mol. The number of aliphatic hydroxyl groups is 1. The summed E-state index contributed by atoms with van der Waals surface area (Å²) in [4.78, 5) is 37.1. The summed E-state index contributed by atoms with van der Waals surface area (Å²) < 4.78 is 2.00. The van der Waals surface area contributed by atoms with E-state index in [2.05, 4.69) is 57.8 Å². The van der Waals surface area contributed by atoms with Crippen LogP contribution in [0.4, 0.5) is 0 Å². The number of rotatable bonds is 13. The van der Waals surface area contributed by atoms with Crippen LogP contribution in [0.15, 0.2) is 95.7 Å². The Morgan fingerprint density at radius 2 is 1.56 bits per heavy atom. The lowest BCUT2D eigenvalue weighted by Gasteiger charge is -2.43. The third-order valence-electron chi connectivity index (χ3n) is 11.7. The fourth-order valence-electron chi connectivity index (χ4n) is 8.88. The molecule has 2 aliphatic rings. The number of benzene rings is 2. The number of carboxylic acid groups (broad SMARTS) is 2. The molecule has 0 bridgehead atoms. The number of H-pyrrole nitrogens is 1. The van der Waals surface area contributed by atoms with Crippen molar-refractivity contribution in [2.24, 2.45) is 17.3 Å². The predicted octanol–water partition coefficient (Wildman–Crippen LogP) is 9.90. The number of pyridine rings is 1. The molecule has 0 radical (unpaired) electrons. The number of aromatic nitrogens is 2. The molecule has 54 heavy (non-hydrogen) atoms. The maximum atomic E-state index is 12.0. The molecule has 8 nitrogen and oxygen atoms in total. The van der Waals surface area contributed by atoms with Gasteiger partial charge in [0.05, 0.1) is 5.56 Å². The molecule has 286 valence electrons. The van der Waals surface area contributed by atoms with E-state index in [0.29, 0.717) is 11.8 Å². The summed E-state index contributed by atoms with van der Waals surface area (Å²) in [5, 5.41) is 31.5. The highest BCUT2D eigenvalue weighted by atomic mass is 16.4. The van der Waals surface area contributed by atoms with E-state index in [1.165, 1.54) is 50.2 Å². The molecule has 1 fully saturated rings. The molecule has 1 aliphatic heterocycles. The molecule has 4 aromatic rings. The van der Waals surface area contributed by atoms with Gasteiger partial charge in [0.2, 0.25) is 11.4 Å². The highest BCUT2D eigenvalue weighted by Gasteiger charge is 2.52. The van der Waals surface area contributed by atoms with E-state index < -0.39 is 17.5 Å². The van der Waals surface area contributed by atoms with Crippen molar-refractivity contribution in [2.75, 3.05) is 0 Å². The highest BCUT2D eigenvalue weighted by Crippen LogP contribution is 2.46. The van der Waals surface area contributed by atoms with E-state index in [4.69, 9.17) is 10.2 Å². The molecule has 8 heteroatoms. The second-order valence-electron chi connectivity index (χ2n) is 16.2. The molecule has 2 aromatic carbocycles. The summed E-state index contributed by atoms with van der Waals surface area (Å²) in [5.74, 6) is -0.785. The average Bonchev–Trinajstić information content (AvgIpc) is 3.60. The van der Waals surface area contributed by atoms with Gasteiger partial charge in [-0.05, 0) is 95.1 Å². The molecule has 0 spiro atoms. The van der Waals surface area contributed by atoms with Crippen molar-refractivity contribution in [1.82, 2.24) is 4.98 Å². The summed E-state index contributed by atoms with van der Waals surface area (Å²) in [5.41, 5.74) is 6.08. The molecule has 3 atom stereocenters. The number of Topliss-reactive ketones (excluding diaryl/α,β-unsaturated/α-hetero) is 1. The van der Waals surface area contributed by atoms with Crippen molar-refractivity contribution in [3.05, 3.63) is 107 Å². The lowest BCUT2D eigenvalue weighted by atomic mass is 9.62. The van der Waals surface area contributed by atoms with E-state index in [1.807, 2.05) is 59.3 Å². The Balaban J connectivity index is 0.000000209. The topological polar surface area (TPSA) is 132 Å². The number of ketones is 1. The third-order valence-corrected chi connectivity index (χ3v) is 11.7. The maximum absolute atomic E-state index is 12.0.